The fraction of sp³-hybridized carbons (Fsp3) is 0.211. The van der Waals surface area contributed by atoms with Gasteiger partial charge in [0, 0.05) is 12.6 Å². The maximum atomic E-state index is 12.4. The topological polar surface area (TPSA) is 75.5 Å². The van der Waals surface area contributed by atoms with Crippen LogP contribution in [-0.2, 0) is 11.2 Å². The largest absolute Gasteiger partial charge is 0.295 e. The first-order chi connectivity index (χ1) is 12.0. The summed E-state index contributed by atoms with van der Waals surface area (Å²) in [6.45, 7) is 3.79. The zero-order chi connectivity index (χ0) is 17.8. The van der Waals surface area contributed by atoms with Crippen molar-refractivity contribution in [3.05, 3.63) is 71.2 Å². The fourth-order valence-electron chi connectivity index (χ4n) is 2.65. The number of nitrogens with zero attached hydrogens (tertiary/aromatic N) is 2. The Morgan fingerprint density at radius 3 is 2.56 bits per heavy atom. The number of aromatic nitrogens is 2. The van der Waals surface area contributed by atoms with Crippen LogP contribution in [0.25, 0.3) is 5.65 Å². The molecule has 0 fully saturated rings. The number of fused-ring (bicyclic) bond motifs is 1. The standard InChI is InChI=1S/C19H20N4O2/c1-13-6-8-15(9-7-13)10-11-17(24)21-22-19(25)18-14(2)20-16-5-3-4-12-23(16)18/h3-9,12H,10-11H2,1-2H3,(H,21,24)(H,22,25). The van der Waals surface area contributed by atoms with Gasteiger partial charge in [-0.05, 0) is 38.0 Å². The summed E-state index contributed by atoms with van der Waals surface area (Å²) in [6, 6.07) is 13.5. The minimum atomic E-state index is -0.389. The van der Waals surface area contributed by atoms with Gasteiger partial charge in [-0.25, -0.2) is 4.98 Å². The molecule has 0 aliphatic rings. The van der Waals surface area contributed by atoms with Crippen LogP contribution in [0.1, 0.15) is 33.7 Å². The smallest absolute Gasteiger partial charge is 0.288 e. The van der Waals surface area contributed by atoms with Crippen molar-refractivity contribution in [2.24, 2.45) is 0 Å². The van der Waals surface area contributed by atoms with Crippen molar-refractivity contribution in [2.75, 3.05) is 0 Å². The van der Waals surface area contributed by atoms with Gasteiger partial charge in [0.2, 0.25) is 5.91 Å². The maximum absolute atomic E-state index is 12.4. The van der Waals surface area contributed by atoms with Crippen LogP contribution in [0, 0.1) is 13.8 Å². The molecule has 0 saturated carbocycles. The average Bonchev–Trinajstić information content (AvgIpc) is 2.95. The van der Waals surface area contributed by atoms with E-state index in [1.807, 2.05) is 49.4 Å². The molecular formula is C19H20N4O2. The van der Waals surface area contributed by atoms with Gasteiger partial charge in [0.15, 0.2) is 0 Å². The van der Waals surface area contributed by atoms with Gasteiger partial charge in [0.25, 0.3) is 5.91 Å². The monoisotopic (exact) mass is 336 g/mol. The van der Waals surface area contributed by atoms with Gasteiger partial charge in [-0.2, -0.15) is 0 Å². The number of hydrazine groups is 1. The van der Waals surface area contributed by atoms with Gasteiger partial charge in [-0.1, -0.05) is 35.9 Å². The number of benzene rings is 1. The van der Waals surface area contributed by atoms with Crippen LogP contribution in [-0.4, -0.2) is 21.2 Å². The molecular weight excluding hydrogens is 316 g/mol. The number of imidazole rings is 1. The molecule has 2 N–H and O–H groups in total. The number of amides is 2. The van der Waals surface area contributed by atoms with Crippen LogP contribution >= 0.6 is 0 Å². The predicted molar refractivity (Wildman–Crippen MR) is 95.0 cm³/mol. The third-order valence-corrected chi connectivity index (χ3v) is 4.00. The van der Waals surface area contributed by atoms with Crippen molar-refractivity contribution in [3.63, 3.8) is 0 Å². The zero-order valence-electron chi connectivity index (χ0n) is 14.2. The molecule has 0 aliphatic heterocycles. The summed E-state index contributed by atoms with van der Waals surface area (Å²) in [4.78, 5) is 28.7. The molecule has 0 radical (unpaired) electrons. The van der Waals surface area contributed by atoms with Crippen molar-refractivity contribution in [3.8, 4) is 0 Å². The lowest BCUT2D eigenvalue weighted by Crippen LogP contribution is -2.42. The number of hydrogen-bond donors (Lipinski definition) is 2. The Kier molecular flexibility index (Phi) is 4.79. The van der Waals surface area contributed by atoms with Gasteiger partial charge in [-0.15, -0.1) is 0 Å². The molecule has 2 amide bonds. The first-order valence-electron chi connectivity index (χ1n) is 8.13. The van der Waals surface area contributed by atoms with Crippen molar-refractivity contribution in [2.45, 2.75) is 26.7 Å². The lowest BCUT2D eigenvalue weighted by atomic mass is 10.1. The van der Waals surface area contributed by atoms with Crippen LogP contribution in [0.4, 0.5) is 0 Å². The van der Waals surface area contributed by atoms with Gasteiger partial charge in [0.05, 0.1) is 5.69 Å². The summed E-state index contributed by atoms with van der Waals surface area (Å²) >= 11 is 0. The fourth-order valence-corrected chi connectivity index (χ4v) is 2.65. The molecule has 128 valence electrons. The average molecular weight is 336 g/mol. The highest BCUT2D eigenvalue weighted by atomic mass is 16.2. The molecule has 0 bridgehead atoms. The highest BCUT2D eigenvalue weighted by Gasteiger charge is 2.16. The molecule has 0 saturated heterocycles. The number of hydrogen-bond acceptors (Lipinski definition) is 3. The Morgan fingerprint density at radius 1 is 1.04 bits per heavy atom. The summed E-state index contributed by atoms with van der Waals surface area (Å²) in [5.74, 6) is -0.625. The number of carbonyl (C=O) groups is 2. The van der Waals surface area contributed by atoms with E-state index in [-0.39, 0.29) is 11.8 Å². The number of carbonyl (C=O) groups excluding carboxylic acids is 2. The summed E-state index contributed by atoms with van der Waals surface area (Å²) in [6.07, 6.45) is 2.69. The normalized spacial score (nSPS) is 10.6. The second-order valence-corrected chi connectivity index (χ2v) is 5.96. The third-order valence-electron chi connectivity index (χ3n) is 4.00. The van der Waals surface area contributed by atoms with Crippen LogP contribution in [0.3, 0.4) is 0 Å². The van der Waals surface area contributed by atoms with E-state index in [1.165, 1.54) is 5.56 Å². The predicted octanol–water partition coefficient (Wildman–Crippen LogP) is 2.34. The molecule has 0 unspecified atom stereocenters. The maximum Gasteiger partial charge on any atom is 0.288 e. The second-order valence-electron chi connectivity index (χ2n) is 5.96. The van der Waals surface area contributed by atoms with Crippen LogP contribution in [0.2, 0.25) is 0 Å². The van der Waals surface area contributed by atoms with E-state index in [1.54, 1.807) is 17.5 Å². The van der Waals surface area contributed by atoms with E-state index in [4.69, 9.17) is 0 Å². The van der Waals surface area contributed by atoms with E-state index in [2.05, 4.69) is 15.8 Å². The summed E-state index contributed by atoms with van der Waals surface area (Å²) in [5.41, 5.74) is 8.91. The minimum absolute atomic E-state index is 0.236. The molecule has 0 spiro atoms. The Hall–Kier alpha value is -3.15. The van der Waals surface area contributed by atoms with Crippen molar-refractivity contribution in [1.29, 1.82) is 0 Å². The number of nitrogens with one attached hydrogen (secondary N) is 2. The van der Waals surface area contributed by atoms with Gasteiger partial charge >= 0.3 is 0 Å². The van der Waals surface area contributed by atoms with E-state index >= 15 is 0 Å². The van der Waals surface area contributed by atoms with Gasteiger partial charge in [-0.3, -0.25) is 24.8 Å². The SMILES string of the molecule is Cc1ccc(CCC(=O)NNC(=O)c2c(C)nc3ccccn23)cc1. The lowest BCUT2D eigenvalue weighted by Gasteiger charge is -2.08. The lowest BCUT2D eigenvalue weighted by molar-refractivity contribution is -0.121. The minimum Gasteiger partial charge on any atom is -0.295 e. The Morgan fingerprint density at radius 2 is 1.80 bits per heavy atom. The second kappa shape index (κ2) is 7.17. The molecule has 3 rings (SSSR count). The molecule has 2 aromatic heterocycles. The summed E-state index contributed by atoms with van der Waals surface area (Å²) in [7, 11) is 0. The van der Waals surface area contributed by atoms with E-state index in [9.17, 15) is 9.59 Å². The Bertz CT molecular complexity index is 913. The van der Waals surface area contributed by atoms with Gasteiger partial charge in [0.1, 0.15) is 11.3 Å². The number of aryl methyl sites for hydroxylation is 3. The van der Waals surface area contributed by atoms with E-state index in [0.29, 0.717) is 29.9 Å². The van der Waals surface area contributed by atoms with Crippen molar-refractivity contribution < 1.29 is 9.59 Å². The molecule has 0 atom stereocenters. The van der Waals surface area contributed by atoms with E-state index < -0.39 is 0 Å². The third kappa shape index (κ3) is 3.85. The number of rotatable bonds is 4. The van der Waals surface area contributed by atoms with Crippen molar-refractivity contribution in [1.82, 2.24) is 20.2 Å². The highest BCUT2D eigenvalue weighted by molar-refractivity contribution is 5.95. The molecule has 0 aliphatic carbocycles. The number of pyridine rings is 1. The molecule has 3 aromatic rings. The summed E-state index contributed by atoms with van der Waals surface area (Å²) in [5, 5.41) is 0. The quantitative estimate of drug-likeness (QED) is 0.718. The Balaban J connectivity index is 1.57. The van der Waals surface area contributed by atoms with Crippen LogP contribution in [0.5, 0.6) is 0 Å². The first-order valence-corrected chi connectivity index (χ1v) is 8.13. The molecule has 25 heavy (non-hydrogen) atoms. The first kappa shape index (κ1) is 16.7. The van der Waals surface area contributed by atoms with Crippen molar-refractivity contribution >= 4 is 17.5 Å². The van der Waals surface area contributed by atoms with Crippen LogP contribution in [0.15, 0.2) is 48.7 Å². The molecule has 2 heterocycles. The molecule has 6 heteroatoms. The van der Waals surface area contributed by atoms with E-state index in [0.717, 1.165) is 5.56 Å². The van der Waals surface area contributed by atoms with Gasteiger partial charge < -0.3 is 0 Å². The summed E-state index contributed by atoms with van der Waals surface area (Å²) < 4.78 is 1.70. The molecule has 6 nitrogen and oxygen atoms in total. The Labute approximate surface area is 145 Å². The highest BCUT2D eigenvalue weighted by Crippen LogP contribution is 2.11. The molecule has 1 aromatic carbocycles. The van der Waals surface area contributed by atoms with Crippen LogP contribution < -0.4 is 10.9 Å². The zero-order valence-corrected chi connectivity index (χ0v) is 14.2.